The summed E-state index contributed by atoms with van der Waals surface area (Å²) in [4.78, 5) is 4.21. The van der Waals surface area contributed by atoms with E-state index in [-0.39, 0.29) is 42.4 Å². The lowest BCUT2D eigenvalue weighted by Crippen LogP contribution is -2.40. The summed E-state index contributed by atoms with van der Waals surface area (Å²) in [5.41, 5.74) is 7.15. The normalized spacial score (nSPS) is 12.7. The Morgan fingerprint density at radius 2 is 2.10 bits per heavy atom. The number of methoxy groups -OCH3 is 2. The van der Waals surface area contributed by atoms with Crippen molar-refractivity contribution in [2.45, 2.75) is 26.1 Å². The van der Waals surface area contributed by atoms with Crippen LogP contribution >= 0.6 is 24.0 Å². The summed E-state index contributed by atoms with van der Waals surface area (Å²) in [5, 5.41) is 3.01. The standard InChI is InChI=1S/C14H22FN3O2.HI/c1-10(8-19-2)18-14(16)17-7-11-4-5-13(15)12(6-11)9-20-3;/h4-6,10H,7-9H2,1-3H3,(H3,16,17,18);1H. The van der Waals surface area contributed by atoms with Crippen LogP contribution in [0.1, 0.15) is 18.1 Å². The number of halogens is 2. The Labute approximate surface area is 142 Å². The zero-order valence-electron chi connectivity index (χ0n) is 12.6. The highest BCUT2D eigenvalue weighted by molar-refractivity contribution is 14.0. The Balaban J connectivity index is 0.00000400. The Kier molecular flexibility index (Phi) is 10.3. The first kappa shape index (κ1) is 20.1. The topological polar surface area (TPSA) is 68.9 Å². The lowest BCUT2D eigenvalue weighted by Gasteiger charge is -2.13. The summed E-state index contributed by atoms with van der Waals surface area (Å²) in [6, 6.07) is 4.91. The average Bonchev–Trinajstić information content (AvgIpc) is 2.40. The van der Waals surface area contributed by atoms with Crippen molar-refractivity contribution in [1.29, 1.82) is 0 Å². The second-order valence-electron chi connectivity index (χ2n) is 4.56. The van der Waals surface area contributed by atoms with Crippen molar-refractivity contribution < 1.29 is 13.9 Å². The number of nitrogens with one attached hydrogen (secondary N) is 1. The molecule has 0 saturated heterocycles. The van der Waals surface area contributed by atoms with E-state index in [9.17, 15) is 4.39 Å². The van der Waals surface area contributed by atoms with Gasteiger partial charge in [-0.2, -0.15) is 0 Å². The van der Waals surface area contributed by atoms with Crippen molar-refractivity contribution in [3.63, 3.8) is 0 Å². The van der Waals surface area contributed by atoms with Crippen LogP contribution in [-0.4, -0.2) is 32.8 Å². The van der Waals surface area contributed by atoms with Crippen LogP contribution in [0.25, 0.3) is 0 Å². The maximum Gasteiger partial charge on any atom is 0.189 e. The number of benzene rings is 1. The highest BCUT2D eigenvalue weighted by atomic mass is 127. The van der Waals surface area contributed by atoms with Crippen LogP contribution in [0.3, 0.4) is 0 Å². The summed E-state index contributed by atoms with van der Waals surface area (Å²) in [5.74, 6) is 0.0616. The van der Waals surface area contributed by atoms with E-state index in [1.54, 1.807) is 19.2 Å². The fourth-order valence-electron chi connectivity index (χ4n) is 1.76. The smallest absolute Gasteiger partial charge is 0.189 e. The van der Waals surface area contributed by atoms with Crippen LogP contribution in [0, 0.1) is 5.82 Å². The molecule has 5 nitrogen and oxygen atoms in total. The molecule has 3 N–H and O–H groups in total. The third-order valence-corrected chi connectivity index (χ3v) is 2.65. The molecule has 0 radical (unpaired) electrons. The molecule has 0 spiro atoms. The molecule has 0 bridgehead atoms. The van der Waals surface area contributed by atoms with E-state index < -0.39 is 0 Å². The molecule has 1 aromatic rings. The van der Waals surface area contributed by atoms with Crippen LogP contribution in [0.5, 0.6) is 0 Å². The molecule has 0 aliphatic rings. The van der Waals surface area contributed by atoms with Crippen LogP contribution in [0.2, 0.25) is 0 Å². The van der Waals surface area contributed by atoms with Gasteiger partial charge >= 0.3 is 0 Å². The van der Waals surface area contributed by atoms with Crippen molar-refractivity contribution in [2.24, 2.45) is 10.7 Å². The molecule has 1 rings (SSSR count). The zero-order valence-corrected chi connectivity index (χ0v) is 14.9. The van der Waals surface area contributed by atoms with Gasteiger partial charge in [0.25, 0.3) is 0 Å². The lowest BCUT2D eigenvalue weighted by atomic mass is 10.1. The molecule has 21 heavy (non-hydrogen) atoms. The van der Waals surface area contributed by atoms with Crippen molar-refractivity contribution >= 4 is 29.9 Å². The summed E-state index contributed by atoms with van der Waals surface area (Å²) in [6.45, 7) is 3.11. The van der Waals surface area contributed by atoms with Crippen molar-refractivity contribution in [1.82, 2.24) is 5.32 Å². The van der Waals surface area contributed by atoms with Crippen molar-refractivity contribution in [3.8, 4) is 0 Å². The van der Waals surface area contributed by atoms with Gasteiger partial charge in [-0.15, -0.1) is 24.0 Å². The molecule has 0 fully saturated rings. The van der Waals surface area contributed by atoms with Gasteiger partial charge in [-0.1, -0.05) is 6.07 Å². The highest BCUT2D eigenvalue weighted by Crippen LogP contribution is 2.12. The van der Waals surface area contributed by atoms with E-state index >= 15 is 0 Å². The van der Waals surface area contributed by atoms with Crippen molar-refractivity contribution in [3.05, 3.63) is 35.1 Å². The number of hydrogen-bond donors (Lipinski definition) is 2. The number of hydrogen-bond acceptors (Lipinski definition) is 3. The Morgan fingerprint density at radius 1 is 1.38 bits per heavy atom. The second kappa shape index (κ2) is 10.7. The van der Waals surface area contributed by atoms with Crippen LogP contribution in [-0.2, 0) is 22.6 Å². The molecule has 0 aliphatic heterocycles. The molecule has 120 valence electrons. The van der Waals surface area contributed by atoms with Gasteiger partial charge in [0.15, 0.2) is 5.96 Å². The van der Waals surface area contributed by atoms with Gasteiger partial charge in [-0.25, -0.2) is 9.38 Å². The highest BCUT2D eigenvalue weighted by Gasteiger charge is 2.04. The zero-order chi connectivity index (χ0) is 15.0. The predicted molar refractivity (Wildman–Crippen MR) is 92.3 cm³/mol. The third-order valence-electron chi connectivity index (χ3n) is 2.65. The number of guanidine groups is 1. The van der Waals surface area contributed by atoms with E-state index in [2.05, 4.69) is 10.3 Å². The molecule has 0 aliphatic carbocycles. The van der Waals surface area contributed by atoms with E-state index in [4.69, 9.17) is 15.2 Å². The first-order chi connectivity index (χ1) is 9.56. The molecule has 1 atom stereocenters. The molecule has 7 heteroatoms. The van der Waals surface area contributed by atoms with Gasteiger partial charge in [0.2, 0.25) is 0 Å². The summed E-state index contributed by atoms with van der Waals surface area (Å²) in [7, 11) is 3.16. The number of rotatable bonds is 7. The maximum absolute atomic E-state index is 13.4. The third kappa shape index (κ3) is 7.58. The monoisotopic (exact) mass is 411 g/mol. The summed E-state index contributed by atoms with van der Waals surface area (Å²) in [6.07, 6.45) is 0. The summed E-state index contributed by atoms with van der Waals surface area (Å²) < 4.78 is 23.4. The van der Waals surface area contributed by atoms with Gasteiger partial charge in [0.05, 0.1) is 19.8 Å². The first-order valence-electron chi connectivity index (χ1n) is 6.38. The largest absolute Gasteiger partial charge is 0.383 e. The van der Waals surface area contributed by atoms with E-state index in [0.29, 0.717) is 24.7 Å². The molecular weight excluding hydrogens is 388 g/mol. The Morgan fingerprint density at radius 3 is 2.71 bits per heavy atom. The fraction of sp³-hybridized carbons (Fsp3) is 0.500. The number of ether oxygens (including phenoxy) is 2. The second-order valence-corrected chi connectivity index (χ2v) is 4.56. The minimum Gasteiger partial charge on any atom is -0.383 e. The molecule has 0 aromatic heterocycles. The minimum atomic E-state index is -0.278. The van der Waals surface area contributed by atoms with Crippen LogP contribution < -0.4 is 11.1 Å². The minimum absolute atomic E-state index is 0. The molecule has 1 unspecified atom stereocenters. The quantitative estimate of drug-likeness (QED) is 0.410. The number of nitrogens with zero attached hydrogens (tertiary/aromatic N) is 1. The SMILES string of the molecule is COCc1cc(CN=C(N)NC(C)COC)ccc1F.I. The van der Waals surface area contributed by atoms with Crippen LogP contribution in [0.15, 0.2) is 23.2 Å². The fourth-order valence-corrected chi connectivity index (χ4v) is 1.76. The average molecular weight is 411 g/mol. The Hall–Kier alpha value is -0.930. The Bertz CT molecular complexity index is 458. The van der Waals surface area contributed by atoms with Gasteiger partial charge in [-0.05, 0) is 24.6 Å². The van der Waals surface area contributed by atoms with Crippen LogP contribution in [0.4, 0.5) is 4.39 Å². The molecule has 1 aromatic carbocycles. The van der Waals surface area contributed by atoms with E-state index in [1.165, 1.54) is 13.2 Å². The molecular formula is C14H23FIN3O2. The van der Waals surface area contributed by atoms with E-state index in [1.807, 2.05) is 6.92 Å². The van der Waals surface area contributed by atoms with Gasteiger partial charge < -0.3 is 20.5 Å². The van der Waals surface area contributed by atoms with Gasteiger partial charge in [0.1, 0.15) is 5.82 Å². The van der Waals surface area contributed by atoms with Crippen molar-refractivity contribution in [2.75, 3.05) is 20.8 Å². The van der Waals surface area contributed by atoms with Gasteiger partial charge in [-0.3, -0.25) is 0 Å². The predicted octanol–water partition coefficient (Wildman–Crippen LogP) is 2.03. The first-order valence-corrected chi connectivity index (χ1v) is 6.38. The maximum atomic E-state index is 13.4. The summed E-state index contributed by atoms with van der Waals surface area (Å²) >= 11 is 0. The molecule has 0 amide bonds. The lowest BCUT2D eigenvalue weighted by molar-refractivity contribution is 0.179. The van der Waals surface area contributed by atoms with Gasteiger partial charge in [0, 0.05) is 25.8 Å². The molecule has 0 saturated carbocycles. The number of nitrogens with two attached hydrogens (primary N) is 1. The number of aliphatic imine (C=N–C) groups is 1. The van der Waals surface area contributed by atoms with E-state index in [0.717, 1.165) is 5.56 Å². The molecule has 0 heterocycles.